The van der Waals surface area contributed by atoms with Crippen molar-refractivity contribution in [2.45, 2.75) is 32.6 Å². The summed E-state index contributed by atoms with van der Waals surface area (Å²) >= 11 is 1.56. The van der Waals surface area contributed by atoms with E-state index < -0.39 is 12.6 Å². The first-order valence-electron chi connectivity index (χ1n) is 7.43. The van der Waals surface area contributed by atoms with Crippen molar-refractivity contribution in [2.75, 3.05) is 11.9 Å². The van der Waals surface area contributed by atoms with E-state index >= 15 is 0 Å². The average molecular weight is 348 g/mol. The summed E-state index contributed by atoms with van der Waals surface area (Å²) in [6.45, 7) is 5.86. The number of rotatable bonds is 6. The summed E-state index contributed by atoms with van der Waals surface area (Å²) in [7, 11) is 0. The van der Waals surface area contributed by atoms with Gasteiger partial charge in [-0.25, -0.2) is 9.78 Å². The van der Waals surface area contributed by atoms with Gasteiger partial charge in [-0.05, 0) is 24.3 Å². The summed E-state index contributed by atoms with van der Waals surface area (Å²) in [5, 5.41) is 14.2. The molecule has 2 rings (SSSR count). The van der Waals surface area contributed by atoms with Gasteiger partial charge in [-0.3, -0.25) is 4.79 Å². The number of aromatic nitrogens is 1. The molecule has 6 nitrogen and oxygen atoms in total. The van der Waals surface area contributed by atoms with Gasteiger partial charge in [-0.15, -0.1) is 11.3 Å². The van der Waals surface area contributed by atoms with Gasteiger partial charge in [-0.1, -0.05) is 20.8 Å². The fourth-order valence-electron chi connectivity index (χ4n) is 1.88. The Hall–Kier alpha value is -2.41. The van der Waals surface area contributed by atoms with Crippen LogP contribution in [0.4, 0.5) is 5.69 Å². The molecule has 128 valence electrons. The van der Waals surface area contributed by atoms with E-state index in [0.717, 1.165) is 10.7 Å². The van der Waals surface area contributed by atoms with E-state index in [0.29, 0.717) is 11.4 Å². The third-order valence-corrected chi connectivity index (χ3v) is 4.35. The Balaban J connectivity index is 1.90. The van der Waals surface area contributed by atoms with E-state index in [9.17, 15) is 9.59 Å². The predicted molar refractivity (Wildman–Crippen MR) is 92.7 cm³/mol. The van der Waals surface area contributed by atoms with Crippen molar-refractivity contribution >= 4 is 28.9 Å². The number of anilines is 1. The zero-order valence-corrected chi connectivity index (χ0v) is 14.6. The topological polar surface area (TPSA) is 88.5 Å². The van der Waals surface area contributed by atoms with Crippen molar-refractivity contribution < 1.29 is 19.4 Å². The molecule has 0 aliphatic heterocycles. The summed E-state index contributed by atoms with van der Waals surface area (Å²) in [5.74, 6) is -0.755. The first-order valence-corrected chi connectivity index (χ1v) is 8.31. The first kappa shape index (κ1) is 17.9. The molecule has 2 aromatic rings. The standard InChI is InChI=1S/C17H20N2O4S/c1-17(2,3)16-19-12(10-24-16)8-14(20)18-11-4-6-13(7-5-11)23-9-15(21)22/h4-7,10H,8-9H2,1-3H3,(H,18,20)(H,21,22). The van der Waals surface area contributed by atoms with Crippen LogP contribution >= 0.6 is 11.3 Å². The van der Waals surface area contributed by atoms with Crippen LogP contribution in [0.3, 0.4) is 0 Å². The van der Waals surface area contributed by atoms with Crippen LogP contribution in [0.25, 0.3) is 0 Å². The molecular weight excluding hydrogens is 328 g/mol. The van der Waals surface area contributed by atoms with Crippen molar-refractivity contribution in [3.8, 4) is 5.75 Å². The second-order valence-corrected chi connectivity index (χ2v) is 7.18. The molecule has 1 aromatic carbocycles. The van der Waals surface area contributed by atoms with E-state index in [1.54, 1.807) is 35.6 Å². The largest absolute Gasteiger partial charge is 0.482 e. The molecule has 0 fully saturated rings. The van der Waals surface area contributed by atoms with Crippen molar-refractivity contribution in [1.82, 2.24) is 4.98 Å². The molecule has 2 N–H and O–H groups in total. The molecule has 1 heterocycles. The monoisotopic (exact) mass is 348 g/mol. The van der Waals surface area contributed by atoms with Gasteiger partial charge in [0.25, 0.3) is 0 Å². The van der Waals surface area contributed by atoms with Gasteiger partial charge in [0.15, 0.2) is 6.61 Å². The Bertz CT molecular complexity index is 717. The highest BCUT2D eigenvalue weighted by Crippen LogP contribution is 2.25. The zero-order chi connectivity index (χ0) is 17.7. The number of aliphatic carboxylic acids is 1. The Morgan fingerprint density at radius 1 is 1.25 bits per heavy atom. The smallest absolute Gasteiger partial charge is 0.341 e. The van der Waals surface area contributed by atoms with Crippen LogP contribution in [0.15, 0.2) is 29.6 Å². The maximum absolute atomic E-state index is 12.1. The van der Waals surface area contributed by atoms with Gasteiger partial charge in [0.2, 0.25) is 5.91 Å². The van der Waals surface area contributed by atoms with Gasteiger partial charge in [0.05, 0.1) is 17.1 Å². The van der Waals surface area contributed by atoms with Gasteiger partial charge >= 0.3 is 5.97 Å². The van der Waals surface area contributed by atoms with Crippen LogP contribution < -0.4 is 10.1 Å². The third kappa shape index (κ3) is 5.34. The summed E-state index contributed by atoms with van der Waals surface area (Å²) in [4.78, 5) is 27.0. The number of hydrogen-bond donors (Lipinski definition) is 2. The molecule has 0 unspecified atom stereocenters. The molecule has 0 aliphatic carbocycles. The Morgan fingerprint density at radius 2 is 1.92 bits per heavy atom. The van der Waals surface area contributed by atoms with E-state index in [-0.39, 0.29) is 17.7 Å². The van der Waals surface area contributed by atoms with Crippen LogP contribution in [-0.2, 0) is 21.4 Å². The average Bonchev–Trinajstić information content (AvgIpc) is 2.95. The van der Waals surface area contributed by atoms with Gasteiger partial charge in [-0.2, -0.15) is 0 Å². The summed E-state index contributed by atoms with van der Waals surface area (Å²) < 4.78 is 5.04. The summed E-state index contributed by atoms with van der Waals surface area (Å²) in [6.07, 6.45) is 0.212. The number of nitrogens with one attached hydrogen (secondary N) is 1. The van der Waals surface area contributed by atoms with Crippen molar-refractivity contribution in [3.05, 3.63) is 40.3 Å². The van der Waals surface area contributed by atoms with E-state index in [2.05, 4.69) is 31.1 Å². The van der Waals surface area contributed by atoms with Crippen molar-refractivity contribution in [2.24, 2.45) is 0 Å². The maximum atomic E-state index is 12.1. The van der Waals surface area contributed by atoms with E-state index in [1.807, 2.05) is 5.38 Å². The number of carboxylic acid groups (broad SMARTS) is 1. The molecule has 7 heteroatoms. The predicted octanol–water partition coefficient (Wildman–Crippen LogP) is 3.09. The van der Waals surface area contributed by atoms with Gasteiger partial charge in [0, 0.05) is 16.5 Å². The third-order valence-electron chi connectivity index (χ3n) is 3.04. The fraction of sp³-hybridized carbons (Fsp3) is 0.353. The van der Waals surface area contributed by atoms with Gasteiger partial charge in [0.1, 0.15) is 5.75 Å². The molecule has 0 spiro atoms. The van der Waals surface area contributed by atoms with Crippen molar-refractivity contribution in [3.63, 3.8) is 0 Å². The second-order valence-electron chi connectivity index (χ2n) is 6.33. The van der Waals surface area contributed by atoms with Crippen LogP contribution in [0, 0.1) is 0 Å². The molecule has 0 saturated heterocycles. The Kier molecular flexibility index (Phi) is 5.56. The van der Waals surface area contributed by atoms with Gasteiger partial charge < -0.3 is 15.2 Å². The van der Waals surface area contributed by atoms with Crippen LogP contribution in [0.2, 0.25) is 0 Å². The first-order chi connectivity index (χ1) is 11.2. The van der Waals surface area contributed by atoms with Crippen LogP contribution in [-0.4, -0.2) is 28.6 Å². The fourth-order valence-corrected chi connectivity index (χ4v) is 2.79. The SMILES string of the molecule is CC(C)(C)c1nc(CC(=O)Nc2ccc(OCC(=O)O)cc2)cs1. The number of ether oxygens (including phenoxy) is 1. The second kappa shape index (κ2) is 7.44. The molecule has 0 bridgehead atoms. The Labute approximate surface area is 144 Å². The number of benzene rings is 1. The van der Waals surface area contributed by atoms with Crippen LogP contribution in [0.1, 0.15) is 31.5 Å². The lowest BCUT2D eigenvalue weighted by molar-refractivity contribution is -0.139. The lowest BCUT2D eigenvalue weighted by Crippen LogP contribution is -2.15. The minimum Gasteiger partial charge on any atom is -0.482 e. The lowest BCUT2D eigenvalue weighted by Gasteiger charge is -2.13. The lowest BCUT2D eigenvalue weighted by atomic mass is 9.98. The minimum absolute atomic E-state index is 0.0226. The Morgan fingerprint density at radius 3 is 2.46 bits per heavy atom. The molecule has 0 atom stereocenters. The molecule has 24 heavy (non-hydrogen) atoms. The molecule has 1 aromatic heterocycles. The number of hydrogen-bond acceptors (Lipinski definition) is 5. The quantitative estimate of drug-likeness (QED) is 0.837. The zero-order valence-electron chi connectivity index (χ0n) is 13.8. The highest BCUT2D eigenvalue weighted by molar-refractivity contribution is 7.09. The molecular formula is C17H20N2O4S. The molecule has 1 amide bonds. The van der Waals surface area contributed by atoms with Crippen LogP contribution in [0.5, 0.6) is 5.75 Å². The number of carboxylic acids is 1. The number of amides is 1. The number of thiazole rings is 1. The number of nitrogens with zero attached hydrogens (tertiary/aromatic N) is 1. The normalized spacial score (nSPS) is 11.1. The number of carbonyl (C=O) groups excluding carboxylic acids is 1. The molecule has 0 radical (unpaired) electrons. The minimum atomic E-state index is -1.04. The molecule has 0 aliphatic rings. The van der Waals surface area contributed by atoms with E-state index in [4.69, 9.17) is 9.84 Å². The maximum Gasteiger partial charge on any atom is 0.341 e. The number of carbonyl (C=O) groups is 2. The summed E-state index contributed by atoms with van der Waals surface area (Å²) in [6, 6.07) is 6.55. The highest BCUT2D eigenvalue weighted by atomic mass is 32.1. The van der Waals surface area contributed by atoms with Crippen molar-refractivity contribution in [1.29, 1.82) is 0 Å². The van der Waals surface area contributed by atoms with E-state index in [1.165, 1.54) is 0 Å². The summed E-state index contributed by atoms with van der Waals surface area (Å²) in [5.41, 5.74) is 1.35. The molecule has 0 saturated carbocycles. The highest BCUT2D eigenvalue weighted by Gasteiger charge is 2.18.